The number of carboxylic acid groups (broad SMARTS) is 1. The van der Waals surface area contributed by atoms with Crippen molar-refractivity contribution in [2.75, 3.05) is 13.6 Å². The number of hydrogen-bond acceptors (Lipinski definition) is 2. The lowest BCUT2D eigenvalue weighted by molar-refractivity contribution is -0.142. The number of urea groups is 1. The Morgan fingerprint density at radius 1 is 1.00 bits per heavy atom. The van der Waals surface area contributed by atoms with E-state index < -0.39 is 12.0 Å². The van der Waals surface area contributed by atoms with Crippen LogP contribution in [-0.4, -0.2) is 52.6 Å². The zero-order chi connectivity index (χ0) is 14.5. The molecule has 0 spiro atoms. The fourth-order valence-electron chi connectivity index (χ4n) is 3.42. The average molecular weight is 282 g/mol. The van der Waals surface area contributed by atoms with Gasteiger partial charge in [-0.25, -0.2) is 9.59 Å². The molecule has 0 aromatic heterocycles. The lowest BCUT2D eigenvalue weighted by Gasteiger charge is -2.37. The van der Waals surface area contributed by atoms with Gasteiger partial charge in [0.05, 0.1) is 0 Å². The van der Waals surface area contributed by atoms with Crippen molar-refractivity contribution in [3.8, 4) is 0 Å². The van der Waals surface area contributed by atoms with Gasteiger partial charge in [-0.15, -0.1) is 0 Å². The Hall–Kier alpha value is -1.26. The molecule has 1 aliphatic heterocycles. The first-order valence-electron chi connectivity index (χ1n) is 7.87. The number of aliphatic carboxylic acids is 1. The van der Waals surface area contributed by atoms with Gasteiger partial charge < -0.3 is 14.9 Å². The molecule has 0 aromatic rings. The molecular formula is C15H26N2O3. The molecule has 1 heterocycles. The Labute approximate surface area is 120 Å². The van der Waals surface area contributed by atoms with E-state index in [1.54, 1.807) is 9.80 Å². The normalized spacial score (nSPS) is 25.1. The molecule has 114 valence electrons. The summed E-state index contributed by atoms with van der Waals surface area (Å²) in [6.07, 6.45) is 9.10. The van der Waals surface area contributed by atoms with Crippen LogP contribution in [0.1, 0.15) is 57.8 Å². The molecule has 1 aliphatic carbocycles. The fraction of sp³-hybridized carbons (Fsp3) is 0.867. The van der Waals surface area contributed by atoms with E-state index in [2.05, 4.69) is 0 Å². The first-order chi connectivity index (χ1) is 9.61. The number of amides is 2. The van der Waals surface area contributed by atoms with Crippen LogP contribution in [-0.2, 0) is 4.79 Å². The van der Waals surface area contributed by atoms with Crippen LogP contribution in [0.2, 0.25) is 0 Å². The predicted molar refractivity (Wildman–Crippen MR) is 76.6 cm³/mol. The number of rotatable bonds is 2. The van der Waals surface area contributed by atoms with Gasteiger partial charge in [0.25, 0.3) is 0 Å². The van der Waals surface area contributed by atoms with E-state index in [4.69, 9.17) is 0 Å². The van der Waals surface area contributed by atoms with Crippen LogP contribution < -0.4 is 0 Å². The largest absolute Gasteiger partial charge is 0.480 e. The zero-order valence-electron chi connectivity index (χ0n) is 12.4. The second kappa shape index (κ2) is 6.95. The second-order valence-corrected chi connectivity index (χ2v) is 6.08. The molecule has 1 saturated heterocycles. The van der Waals surface area contributed by atoms with Crippen LogP contribution in [0.15, 0.2) is 0 Å². The van der Waals surface area contributed by atoms with E-state index in [0.29, 0.717) is 13.0 Å². The van der Waals surface area contributed by atoms with Gasteiger partial charge in [0, 0.05) is 19.6 Å². The topological polar surface area (TPSA) is 60.9 Å². The van der Waals surface area contributed by atoms with Crippen LogP contribution in [0.5, 0.6) is 0 Å². The third kappa shape index (κ3) is 3.44. The molecule has 1 unspecified atom stereocenters. The Balaban J connectivity index is 2.05. The van der Waals surface area contributed by atoms with Crippen LogP contribution >= 0.6 is 0 Å². The van der Waals surface area contributed by atoms with E-state index >= 15 is 0 Å². The predicted octanol–water partition coefficient (Wildman–Crippen LogP) is 2.70. The van der Waals surface area contributed by atoms with E-state index in [-0.39, 0.29) is 12.1 Å². The zero-order valence-corrected chi connectivity index (χ0v) is 12.4. The molecule has 1 N–H and O–H groups in total. The average Bonchev–Trinajstić information content (AvgIpc) is 2.72. The summed E-state index contributed by atoms with van der Waals surface area (Å²) in [5, 5.41) is 9.36. The highest BCUT2D eigenvalue weighted by atomic mass is 16.4. The number of nitrogens with zero attached hydrogens (tertiary/aromatic N) is 2. The maximum Gasteiger partial charge on any atom is 0.326 e. The Bertz CT molecular complexity index is 353. The van der Waals surface area contributed by atoms with Crippen molar-refractivity contribution < 1.29 is 14.7 Å². The third-order valence-electron chi connectivity index (χ3n) is 4.71. The van der Waals surface area contributed by atoms with Crippen molar-refractivity contribution >= 4 is 12.0 Å². The van der Waals surface area contributed by atoms with Gasteiger partial charge in [0.1, 0.15) is 6.04 Å². The van der Waals surface area contributed by atoms with Gasteiger partial charge in [0.2, 0.25) is 0 Å². The molecule has 5 heteroatoms. The Morgan fingerprint density at radius 2 is 1.60 bits per heavy atom. The number of hydrogen-bond donors (Lipinski definition) is 1. The summed E-state index contributed by atoms with van der Waals surface area (Å²) in [4.78, 5) is 27.4. The molecule has 1 saturated carbocycles. The Morgan fingerprint density at radius 3 is 2.25 bits per heavy atom. The van der Waals surface area contributed by atoms with Crippen molar-refractivity contribution in [2.45, 2.75) is 69.9 Å². The van der Waals surface area contributed by atoms with Crippen molar-refractivity contribution in [3.63, 3.8) is 0 Å². The molecule has 0 bridgehead atoms. The summed E-state index contributed by atoms with van der Waals surface area (Å²) in [6, 6.07) is -0.448. The van der Waals surface area contributed by atoms with Crippen molar-refractivity contribution in [1.82, 2.24) is 9.80 Å². The van der Waals surface area contributed by atoms with Crippen molar-refractivity contribution in [1.29, 1.82) is 0 Å². The van der Waals surface area contributed by atoms with E-state index in [1.165, 1.54) is 19.3 Å². The highest BCUT2D eigenvalue weighted by Crippen LogP contribution is 2.24. The quantitative estimate of drug-likeness (QED) is 0.847. The van der Waals surface area contributed by atoms with Crippen LogP contribution in [0.25, 0.3) is 0 Å². The summed E-state index contributed by atoms with van der Waals surface area (Å²) >= 11 is 0. The minimum absolute atomic E-state index is 0.0915. The smallest absolute Gasteiger partial charge is 0.326 e. The molecule has 20 heavy (non-hydrogen) atoms. The van der Waals surface area contributed by atoms with E-state index in [9.17, 15) is 14.7 Å². The molecule has 2 aliphatic rings. The molecule has 0 radical (unpaired) electrons. The molecule has 2 rings (SSSR count). The highest BCUT2D eigenvalue weighted by molar-refractivity contribution is 5.82. The maximum absolute atomic E-state index is 12.7. The SMILES string of the molecule is CN(C(=O)N1CCCCCC1C(=O)O)C1CCCCC1. The minimum Gasteiger partial charge on any atom is -0.480 e. The Kier molecular flexibility index (Phi) is 5.26. The molecule has 2 fully saturated rings. The highest BCUT2D eigenvalue weighted by Gasteiger charge is 2.34. The van der Waals surface area contributed by atoms with E-state index in [0.717, 1.165) is 32.1 Å². The minimum atomic E-state index is -0.864. The lowest BCUT2D eigenvalue weighted by Crippen LogP contribution is -2.52. The lowest BCUT2D eigenvalue weighted by atomic mass is 9.94. The first-order valence-corrected chi connectivity index (χ1v) is 7.87. The molecule has 1 atom stereocenters. The monoisotopic (exact) mass is 282 g/mol. The first kappa shape index (κ1) is 15.1. The molecule has 2 amide bonds. The summed E-state index contributed by atoms with van der Waals surface area (Å²) in [7, 11) is 1.84. The van der Waals surface area contributed by atoms with Crippen molar-refractivity contribution in [2.24, 2.45) is 0 Å². The van der Waals surface area contributed by atoms with Gasteiger partial charge >= 0.3 is 12.0 Å². The van der Waals surface area contributed by atoms with Crippen LogP contribution in [0.4, 0.5) is 4.79 Å². The van der Waals surface area contributed by atoms with Gasteiger partial charge in [-0.05, 0) is 25.7 Å². The van der Waals surface area contributed by atoms with Crippen molar-refractivity contribution in [3.05, 3.63) is 0 Å². The van der Waals surface area contributed by atoms with Gasteiger partial charge in [0.15, 0.2) is 0 Å². The number of carbonyl (C=O) groups is 2. The van der Waals surface area contributed by atoms with Gasteiger partial charge in [-0.1, -0.05) is 32.1 Å². The third-order valence-corrected chi connectivity index (χ3v) is 4.71. The maximum atomic E-state index is 12.7. The standard InChI is InChI=1S/C15H26N2O3/c1-16(12-8-4-2-5-9-12)15(20)17-11-7-3-6-10-13(17)14(18)19/h12-13H,2-11H2,1H3,(H,18,19). The summed E-state index contributed by atoms with van der Waals surface area (Å²) < 4.78 is 0. The van der Waals surface area contributed by atoms with Crippen LogP contribution in [0.3, 0.4) is 0 Å². The van der Waals surface area contributed by atoms with Crippen LogP contribution in [0, 0.1) is 0 Å². The summed E-state index contributed by atoms with van der Waals surface area (Å²) in [5.74, 6) is -0.864. The van der Waals surface area contributed by atoms with Gasteiger partial charge in [-0.3, -0.25) is 0 Å². The summed E-state index contributed by atoms with van der Waals surface area (Å²) in [5.41, 5.74) is 0. The number of likely N-dealkylation sites (tertiary alicyclic amines) is 1. The summed E-state index contributed by atoms with van der Waals surface area (Å²) in [6.45, 7) is 0.576. The molecule has 5 nitrogen and oxygen atoms in total. The second-order valence-electron chi connectivity index (χ2n) is 6.08. The van der Waals surface area contributed by atoms with Gasteiger partial charge in [-0.2, -0.15) is 0 Å². The number of carbonyl (C=O) groups excluding carboxylic acids is 1. The molecule has 0 aromatic carbocycles. The van der Waals surface area contributed by atoms with E-state index in [1.807, 2.05) is 7.05 Å². The fourth-order valence-corrected chi connectivity index (χ4v) is 3.42. The molecular weight excluding hydrogens is 256 g/mol. The number of carboxylic acids is 1.